The van der Waals surface area contributed by atoms with Crippen molar-refractivity contribution in [2.24, 2.45) is 0 Å². The van der Waals surface area contributed by atoms with Gasteiger partial charge in [-0.25, -0.2) is 4.98 Å². The van der Waals surface area contributed by atoms with Crippen LogP contribution in [0.5, 0.6) is 0 Å². The summed E-state index contributed by atoms with van der Waals surface area (Å²) in [5.41, 5.74) is 2.90. The molecule has 8 heteroatoms. The van der Waals surface area contributed by atoms with Gasteiger partial charge in [0, 0.05) is 18.1 Å². The van der Waals surface area contributed by atoms with Gasteiger partial charge in [0.2, 0.25) is 5.91 Å². The number of nitrogens with one attached hydrogen (secondary N) is 1. The molecule has 1 N–H and O–H groups in total. The number of nitrogens with zero attached hydrogens (tertiary/aromatic N) is 2. The Morgan fingerprint density at radius 2 is 1.78 bits per heavy atom. The van der Waals surface area contributed by atoms with Gasteiger partial charge in [0.15, 0.2) is 5.16 Å². The molecule has 32 heavy (non-hydrogen) atoms. The normalized spacial score (nSPS) is 11.0. The van der Waals surface area contributed by atoms with Crippen molar-refractivity contribution in [3.8, 4) is 0 Å². The van der Waals surface area contributed by atoms with E-state index in [9.17, 15) is 9.59 Å². The maximum atomic E-state index is 13.0. The van der Waals surface area contributed by atoms with Crippen LogP contribution in [0.2, 0.25) is 5.02 Å². The number of rotatable bonds is 9. The van der Waals surface area contributed by atoms with Crippen LogP contribution >= 0.6 is 34.7 Å². The van der Waals surface area contributed by atoms with Crippen molar-refractivity contribution < 1.29 is 4.79 Å². The van der Waals surface area contributed by atoms with Gasteiger partial charge in [-0.2, -0.15) is 0 Å². The second-order valence-corrected chi connectivity index (χ2v) is 9.53. The number of amides is 1. The van der Waals surface area contributed by atoms with Crippen molar-refractivity contribution in [2.75, 3.05) is 12.3 Å². The average Bonchev–Trinajstić information content (AvgIpc) is 3.28. The second kappa shape index (κ2) is 10.8. The van der Waals surface area contributed by atoms with Crippen molar-refractivity contribution >= 4 is 50.8 Å². The summed E-state index contributed by atoms with van der Waals surface area (Å²) in [5, 5.41) is 6.08. The fourth-order valence-electron chi connectivity index (χ4n) is 3.29. The smallest absolute Gasteiger partial charge is 0.272 e. The summed E-state index contributed by atoms with van der Waals surface area (Å²) in [5.74, 6) is 0.117. The van der Waals surface area contributed by atoms with Crippen LogP contribution in [0.4, 0.5) is 0 Å². The van der Waals surface area contributed by atoms with Gasteiger partial charge in [0.05, 0.1) is 11.3 Å². The summed E-state index contributed by atoms with van der Waals surface area (Å²) in [4.78, 5) is 30.1. The summed E-state index contributed by atoms with van der Waals surface area (Å²) in [7, 11) is 0. The van der Waals surface area contributed by atoms with E-state index in [1.54, 1.807) is 4.57 Å². The number of fused-ring (bicyclic) bond motifs is 1. The Morgan fingerprint density at radius 1 is 1.03 bits per heavy atom. The van der Waals surface area contributed by atoms with Gasteiger partial charge in [0.25, 0.3) is 5.56 Å². The van der Waals surface area contributed by atoms with Gasteiger partial charge in [-0.05, 0) is 47.5 Å². The molecule has 2 aromatic heterocycles. The summed E-state index contributed by atoms with van der Waals surface area (Å²) in [6.07, 6.45) is 1.45. The second-order valence-electron chi connectivity index (χ2n) is 7.24. The SMILES string of the molecule is O=C(CSc1nc2ccsc2c(=O)n1CCc1ccccc1)NCCc1ccc(Cl)cc1. The molecule has 0 unspecified atom stereocenters. The molecule has 2 aromatic carbocycles. The molecule has 0 saturated carbocycles. The molecule has 2 heterocycles. The number of thiophene rings is 1. The van der Waals surface area contributed by atoms with Gasteiger partial charge >= 0.3 is 0 Å². The number of aromatic nitrogens is 2. The van der Waals surface area contributed by atoms with Crippen LogP contribution in [0, 0.1) is 0 Å². The number of halogens is 1. The molecular formula is C24H22ClN3O2S2. The van der Waals surface area contributed by atoms with Gasteiger partial charge in [0.1, 0.15) is 4.70 Å². The average molecular weight is 484 g/mol. The van der Waals surface area contributed by atoms with E-state index in [1.807, 2.05) is 66.0 Å². The lowest BCUT2D eigenvalue weighted by Crippen LogP contribution is -2.28. The third-order valence-corrected chi connectivity index (χ3v) is 7.10. The zero-order valence-corrected chi connectivity index (χ0v) is 19.7. The maximum Gasteiger partial charge on any atom is 0.272 e. The van der Waals surface area contributed by atoms with Gasteiger partial charge in [-0.15, -0.1) is 11.3 Å². The van der Waals surface area contributed by atoms with Crippen molar-refractivity contribution in [3.63, 3.8) is 0 Å². The number of carbonyl (C=O) groups is 1. The highest BCUT2D eigenvalue weighted by atomic mass is 35.5. The minimum Gasteiger partial charge on any atom is -0.355 e. The molecule has 0 fully saturated rings. The third kappa shape index (κ3) is 5.79. The molecule has 1 amide bonds. The fourth-order valence-corrected chi connectivity index (χ4v) is 5.05. The number of hydrogen-bond acceptors (Lipinski definition) is 5. The third-order valence-electron chi connectivity index (χ3n) is 4.98. The van der Waals surface area contributed by atoms with E-state index in [-0.39, 0.29) is 17.2 Å². The minimum absolute atomic E-state index is 0.0495. The standard InChI is InChI=1S/C24H22ClN3O2S2/c25-19-8-6-18(7-9-19)10-13-26-21(29)16-32-24-27-20-12-15-31-22(20)23(30)28(24)14-11-17-4-2-1-3-5-17/h1-9,12,15H,10-11,13-14,16H2,(H,26,29). The fraction of sp³-hybridized carbons (Fsp3) is 0.208. The van der Waals surface area contributed by atoms with E-state index < -0.39 is 0 Å². The first kappa shape index (κ1) is 22.6. The molecule has 0 atom stereocenters. The number of aryl methyl sites for hydroxylation is 1. The van der Waals surface area contributed by atoms with Crippen LogP contribution in [0.3, 0.4) is 0 Å². The first-order valence-corrected chi connectivity index (χ1v) is 12.5. The molecule has 0 spiro atoms. The van der Waals surface area contributed by atoms with Crippen LogP contribution in [-0.2, 0) is 24.2 Å². The minimum atomic E-state index is -0.0850. The monoisotopic (exact) mass is 483 g/mol. The van der Waals surface area contributed by atoms with Crippen molar-refractivity contribution in [2.45, 2.75) is 24.5 Å². The molecule has 4 rings (SSSR count). The van der Waals surface area contributed by atoms with Gasteiger partial charge < -0.3 is 5.32 Å². The quantitative estimate of drug-likeness (QED) is 0.274. The number of thioether (sulfide) groups is 1. The van der Waals surface area contributed by atoms with Crippen LogP contribution in [0.25, 0.3) is 10.2 Å². The topological polar surface area (TPSA) is 64.0 Å². The lowest BCUT2D eigenvalue weighted by Gasteiger charge is -2.12. The zero-order chi connectivity index (χ0) is 22.3. The van der Waals surface area contributed by atoms with Crippen LogP contribution < -0.4 is 10.9 Å². The highest BCUT2D eigenvalue weighted by molar-refractivity contribution is 7.99. The van der Waals surface area contributed by atoms with E-state index in [0.29, 0.717) is 33.5 Å². The molecule has 0 aliphatic carbocycles. The highest BCUT2D eigenvalue weighted by Crippen LogP contribution is 2.21. The summed E-state index contributed by atoms with van der Waals surface area (Å²) in [6.45, 7) is 1.06. The number of hydrogen-bond donors (Lipinski definition) is 1. The van der Waals surface area contributed by atoms with Crippen molar-refractivity contribution in [3.05, 3.63) is 92.5 Å². The van der Waals surface area contributed by atoms with Crippen LogP contribution in [-0.4, -0.2) is 27.8 Å². The van der Waals surface area contributed by atoms with Crippen LogP contribution in [0.1, 0.15) is 11.1 Å². The highest BCUT2D eigenvalue weighted by Gasteiger charge is 2.14. The predicted octanol–water partition coefficient (Wildman–Crippen LogP) is 4.81. The first-order valence-electron chi connectivity index (χ1n) is 10.3. The van der Waals surface area contributed by atoms with E-state index >= 15 is 0 Å². The molecular weight excluding hydrogens is 462 g/mol. The van der Waals surface area contributed by atoms with E-state index in [1.165, 1.54) is 23.1 Å². The zero-order valence-electron chi connectivity index (χ0n) is 17.3. The lowest BCUT2D eigenvalue weighted by molar-refractivity contribution is -0.118. The molecule has 0 radical (unpaired) electrons. The Kier molecular flexibility index (Phi) is 7.63. The summed E-state index contributed by atoms with van der Waals surface area (Å²) < 4.78 is 2.34. The number of benzene rings is 2. The molecule has 0 aliphatic rings. The molecule has 0 aliphatic heterocycles. The largest absolute Gasteiger partial charge is 0.355 e. The molecule has 0 bridgehead atoms. The maximum absolute atomic E-state index is 13.0. The van der Waals surface area contributed by atoms with Crippen molar-refractivity contribution in [1.82, 2.24) is 14.9 Å². The van der Waals surface area contributed by atoms with E-state index in [4.69, 9.17) is 11.6 Å². The van der Waals surface area contributed by atoms with E-state index in [2.05, 4.69) is 10.3 Å². The van der Waals surface area contributed by atoms with Gasteiger partial charge in [-0.1, -0.05) is 65.8 Å². The van der Waals surface area contributed by atoms with Crippen molar-refractivity contribution in [1.29, 1.82) is 0 Å². The first-order chi connectivity index (χ1) is 15.6. The Bertz CT molecular complexity index is 1250. The molecule has 0 saturated heterocycles. The van der Waals surface area contributed by atoms with Crippen LogP contribution in [0.15, 0.2) is 76.0 Å². The summed E-state index contributed by atoms with van der Waals surface area (Å²) in [6, 6.07) is 19.5. The Morgan fingerprint density at radius 3 is 2.56 bits per heavy atom. The Balaban J connectivity index is 1.40. The molecule has 164 valence electrons. The molecule has 4 aromatic rings. The lowest BCUT2D eigenvalue weighted by atomic mass is 10.1. The van der Waals surface area contributed by atoms with Gasteiger partial charge in [-0.3, -0.25) is 14.2 Å². The Labute approximate surface area is 199 Å². The Hall–Kier alpha value is -2.61. The predicted molar refractivity (Wildman–Crippen MR) is 133 cm³/mol. The van der Waals surface area contributed by atoms with E-state index in [0.717, 1.165) is 24.0 Å². The number of carbonyl (C=O) groups excluding carboxylic acids is 1. The summed E-state index contributed by atoms with van der Waals surface area (Å²) >= 11 is 8.60. The molecule has 5 nitrogen and oxygen atoms in total.